The minimum Gasteiger partial charge on any atom is -0.492 e. The molecule has 1 aliphatic heterocycles. The molecule has 0 saturated carbocycles. The van der Waals surface area contributed by atoms with Crippen molar-refractivity contribution < 1.29 is 5.11 Å². The number of aromatic hydroxyl groups is 1. The predicted octanol–water partition coefficient (Wildman–Crippen LogP) is 2.15. The smallest absolute Gasteiger partial charge is 0.269 e. The van der Waals surface area contributed by atoms with E-state index in [2.05, 4.69) is 32.8 Å². The SMILES string of the molecule is CC1SCCSC1c1nc(O)c(Br)c(=O)[nH]1. The fourth-order valence-electron chi connectivity index (χ4n) is 1.53. The van der Waals surface area contributed by atoms with E-state index in [1.54, 1.807) is 11.8 Å². The topological polar surface area (TPSA) is 66.0 Å². The largest absolute Gasteiger partial charge is 0.492 e. The maximum absolute atomic E-state index is 11.5. The van der Waals surface area contributed by atoms with Gasteiger partial charge < -0.3 is 10.1 Å². The summed E-state index contributed by atoms with van der Waals surface area (Å²) in [5, 5.41) is 10.0. The molecule has 0 bridgehead atoms. The third-order valence-electron chi connectivity index (χ3n) is 2.32. The number of halogens is 1. The van der Waals surface area contributed by atoms with Gasteiger partial charge in [-0.05, 0) is 15.9 Å². The molecular weight excluding hydrogens is 312 g/mol. The van der Waals surface area contributed by atoms with Crippen LogP contribution in [0.5, 0.6) is 5.88 Å². The second kappa shape index (κ2) is 5.01. The lowest BCUT2D eigenvalue weighted by molar-refractivity contribution is 0.443. The van der Waals surface area contributed by atoms with Gasteiger partial charge in [-0.15, -0.1) is 11.8 Å². The highest BCUT2D eigenvalue weighted by Gasteiger charge is 2.27. The van der Waals surface area contributed by atoms with Gasteiger partial charge in [0, 0.05) is 16.8 Å². The van der Waals surface area contributed by atoms with E-state index in [1.807, 2.05) is 11.8 Å². The van der Waals surface area contributed by atoms with Gasteiger partial charge in [-0.2, -0.15) is 16.7 Å². The number of rotatable bonds is 1. The molecule has 7 heteroatoms. The molecule has 1 saturated heterocycles. The lowest BCUT2D eigenvalue weighted by atomic mass is 10.3. The van der Waals surface area contributed by atoms with Crippen LogP contribution >= 0.6 is 39.5 Å². The highest BCUT2D eigenvalue weighted by molar-refractivity contribution is 9.10. The second-order valence-corrected chi connectivity index (χ2v) is 6.98. The van der Waals surface area contributed by atoms with Gasteiger partial charge in [0.25, 0.3) is 5.56 Å². The van der Waals surface area contributed by atoms with Crippen molar-refractivity contribution >= 4 is 39.5 Å². The normalized spacial score (nSPS) is 25.6. The van der Waals surface area contributed by atoms with Crippen LogP contribution in [0.4, 0.5) is 0 Å². The molecule has 1 aromatic heterocycles. The zero-order valence-corrected chi connectivity index (χ0v) is 11.8. The van der Waals surface area contributed by atoms with Crippen molar-refractivity contribution in [3.8, 4) is 5.88 Å². The average molecular weight is 323 g/mol. The first-order valence-electron chi connectivity index (χ1n) is 4.81. The zero-order chi connectivity index (χ0) is 11.7. The standard InChI is InChI=1S/C9H11BrN2O2S2/c1-4-6(16-3-2-15-4)7-11-8(13)5(10)9(14)12-7/h4,6H,2-3H2,1H3,(H2,11,12,13,14). The molecule has 1 aliphatic rings. The van der Waals surface area contributed by atoms with Crippen molar-refractivity contribution in [1.29, 1.82) is 0 Å². The van der Waals surface area contributed by atoms with E-state index in [4.69, 9.17) is 0 Å². The number of aromatic nitrogens is 2. The molecule has 2 atom stereocenters. The molecule has 4 nitrogen and oxygen atoms in total. The highest BCUT2D eigenvalue weighted by atomic mass is 79.9. The second-order valence-electron chi connectivity index (χ2n) is 3.46. The molecule has 2 N–H and O–H groups in total. The Hall–Kier alpha value is -0.140. The zero-order valence-electron chi connectivity index (χ0n) is 8.57. The van der Waals surface area contributed by atoms with Gasteiger partial charge in [-0.1, -0.05) is 6.92 Å². The number of thioether (sulfide) groups is 2. The Labute approximate surface area is 110 Å². The molecule has 88 valence electrons. The number of hydrogen-bond acceptors (Lipinski definition) is 5. The quantitative estimate of drug-likeness (QED) is 0.829. The lowest BCUT2D eigenvalue weighted by Crippen LogP contribution is -2.21. The van der Waals surface area contributed by atoms with Gasteiger partial charge in [0.1, 0.15) is 10.3 Å². The van der Waals surface area contributed by atoms with Gasteiger partial charge in [-0.25, -0.2) is 0 Å². The summed E-state index contributed by atoms with van der Waals surface area (Å²) in [5.41, 5.74) is -0.328. The maximum Gasteiger partial charge on any atom is 0.269 e. The number of hydrogen-bond donors (Lipinski definition) is 2. The predicted molar refractivity (Wildman–Crippen MR) is 71.3 cm³/mol. The summed E-state index contributed by atoms with van der Waals surface area (Å²) in [4.78, 5) is 18.2. The van der Waals surface area contributed by atoms with E-state index in [1.165, 1.54) is 0 Å². The van der Waals surface area contributed by atoms with Crippen molar-refractivity contribution in [3.05, 3.63) is 20.7 Å². The average Bonchev–Trinajstić information content (AvgIpc) is 2.26. The number of aromatic amines is 1. The third kappa shape index (κ3) is 2.41. The Kier molecular flexibility index (Phi) is 3.86. The summed E-state index contributed by atoms with van der Waals surface area (Å²) in [5.74, 6) is 2.49. The van der Waals surface area contributed by atoms with Gasteiger partial charge in [0.2, 0.25) is 5.88 Å². The molecule has 0 aromatic carbocycles. The van der Waals surface area contributed by atoms with Gasteiger partial charge in [-0.3, -0.25) is 4.79 Å². The molecule has 0 amide bonds. The Balaban J connectivity index is 2.36. The minimum atomic E-state index is -0.328. The van der Waals surface area contributed by atoms with Crippen molar-refractivity contribution in [2.75, 3.05) is 11.5 Å². The number of H-pyrrole nitrogens is 1. The molecule has 16 heavy (non-hydrogen) atoms. The van der Waals surface area contributed by atoms with Crippen molar-refractivity contribution in [1.82, 2.24) is 9.97 Å². The van der Waals surface area contributed by atoms with Crippen LogP contribution in [-0.2, 0) is 0 Å². The monoisotopic (exact) mass is 322 g/mol. The molecule has 1 fully saturated rings. The first kappa shape index (κ1) is 12.3. The maximum atomic E-state index is 11.5. The summed E-state index contributed by atoms with van der Waals surface area (Å²) in [6.45, 7) is 2.11. The van der Waals surface area contributed by atoms with Crippen LogP contribution in [0, 0.1) is 0 Å². The molecule has 0 spiro atoms. The van der Waals surface area contributed by atoms with E-state index in [-0.39, 0.29) is 21.2 Å². The van der Waals surface area contributed by atoms with Gasteiger partial charge >= 0.3 is 0 Å². The summed E-state index contributed by atoms with van der Waals surface area (Å²) in [6.07, 6.45) is 0. The molecule has 1 aromatic rings. The van der Waals surface area contributed by atoms with Gasteiger partial charge in [0.15, 0.2) is 0 Å². The van der Waals surface area contributed by atoms with Crippen LogP contribution in [0.25, 0.3) is 0 Å². The lowest BCUT2D eigenvalue weighted by Gasteiger charge is -2.26. The molecule has 2 unspecified atom stereocenters. The van der Waals surface area contributed by atoms with Crippen LogP contribution in [0.1, 0.15) is 18.0 Å². The molecule has 0 radical (unpaired) electrons. The van der Waals surface area contributed by atoms with Crippen molar-refractivity contribution in [2.24, 2.45) is 0 Å². The third-order valence-corrected chi connectivity index (χ3v) is 6.13. The van der Waals surface area contributed by atoms with Crippen LogP contribution in [-0.4, -0.2) is 31.8 Å². The Bertz CT molecular complexity index is 452. The Morgan fingerprint density at radius 2 is 2.19 bits per heavy atom. The highest BCUT2D eigenvalue weighted by Crippen LogP contribution is 2.41. The van der Waals surface area contributed by atoms with Crippen molar-refractivity contribution in [3.63, 3.8) is 0 Å². The first-order chi connectivity index (χ1) is 7.59. The van der Waals surface area contributed by atoms with Crippen LogP contribution in [0.15, 0.2) is 9.27 Å². The Morgan fingerprint density at radius 3 is 2.81 bits per heavy atom. The van der Waals surface area contributed by atoms with Crippen LogP contribution in [0.2, 0.25) is 0 Å². The molecule has 2 heterocycles. The van der Waals surface area contributed by atoms with Crippen molar-refractivity contribution in [2.45, 2.75) is 17.4 Å². The fraction of sp³-hybridized carbons (Fsp3) is 0.556. The van der Waals surface area contributed by atoms with E-state index >= 15 is 0 Å². The first-order valence-corrected chi connectivity index (χ1v) is 7.70. The summed E-state index contributed by atoms with van der Waals surface area (Å²) >= 11 is 6.61. The van der Waals surface area contributed by atoms with E-state index in [0.717, 1.165) is 11.5 Å². The van der Waals surface area contributed by atoms with E-state index in [9.17, 15) is 9.90 Å². The van der Waals surface area contributed by atoms with Crippen LogP contribution in [0.3, 0.4) is 0 Å². The molecule has 2 rings (SSSR count). The fourth-order valence-corrected chi connectivity index (χ4v) is 4.43. The number of nitrogens with zero attached hydrogens (tertiary/aromatic N) is 1. The number of nitrogens with one attached hydrogen (secondary N) is 1. The summed E-state index contributed by atoms with van der Waals surface area (Å²) < 4.78 is 0.0948. The van der Waals surface area contributed by atoms with E-state index < -0.39 is 0 Å². The molecular formula is C9H11BrN2O2S2. The molecule has 0 aliphatic carbocycles. The minimum absolute atomic E-state index is 0.0948. The summed E-state index contributed by atoms with van der Waals surface area (Å²) in [6, 6.07) is 0. The summed E-state index contributed by atoms with van der Waals surface area (Å²) in [7, 11) is 0. The Morgan fingerprint density at radius 1 is 1.50 bits per heavy atom. The van der Waals surface area contributed by atoms with Crippen LogP contribution < -0.4 is 5.56 Å². The van der Waals surface area contributed by atoms with E-state index in [0.29, 0.717) is 11.1 Å². The van der Waals surface area contributed by atoms with Gasteiger partial charge in [0.05, 0.1) is 5.25 Å².